The number of nitrogens with one attached hydrogen (secondary N) is 1. The number of alkyl halides is 4. The van der Waals surface area contributed by atoms with E-state index >= 15 is 0 Å². The average Bonchev–Trinajstić information content (AvgIpc) is 2.42. The molecule has 1 aromatic rings. The molecule has 0 aliphatic heterocycles. The van der Waals surface area contributed by atoms with Crippen LogP contribution in [0, 0.1) is 0 Å². The van der Waals surface area contributed by atoms with Crippen LogP contribution in [-0.2, 0) is 13.0 Å². The molecule has 1 heterocycles. The fourth-order valence-corrected chi connectivity index (χ4v) is 1.48. The third-order valence-corrected chi connectivity index (χ3v) is 2.59. The van der Waals surface area contributed by atoms with Crippen molar-refractivity contribution in [1.82, 2.24) is 10.3 Å². The maximum absolute atomic E-state index is 12.8. The van der Waals surface area contributed by atoms with E-state index in [4.69, 9.17) is 4.74 Å². The molecule has 1 N–H and O–H groups in total. The minimum Gasteiger partial charge on any atom is -0.471 e. The first-order valence-corrected chi connectivity index (χ1v) is 6.38. The number of halogens is 4. The monoisotopic (exact) mass is 294 g/mol. The van der Waals surface area contributed by atoms with Gasteiger partial charge in [0, 0.05) is 18.3 Å². The number of pyridine rings is 1. The molecule has 1 rings (SSSR count). The predicted molar refractivity (Wildman–Crippen MR) is 67.4 cm³/mol. The van der Waals surface area contributed by atoms with E-state index in [-0.39, 0.29) is 5.88 Å². The summed E-state index contributed by atoms with van der Waals surface area (Å²) in [5, 5.41) is 3.08. The zero-order valence-electron chi connectivity index (χ0n) is 11.4. The Balaban J connectivity index is 2.78. The molecule has 0 aliphatic carbocycles. The Morgan fingerprint density at radius 1 is 1.30 bits per heavy atom. The van der Waals surface area contributed by atoms with E-state index in [0.717, 1.165) is 12.1 Å². The number of nitrogens with zero attached hydrogens (tertiary/aromatic N) is 1. The maximum Gasteiger partial charge on any atom is 0.340 e. The molecule has 0 fully saturated rings. The Kier molecular flexibility index (Phi) is 6.19. The molecule has 0 aliphatic rings. The Hall–Kier alpha value is -1.37. The highest BCUT2D eigenvalue weighted by atomic mass is 19.3. The van der Waals surface area contributed by atoms with Gasteiger partial charge in [0.15, 0.2) is 6.61 Å². The summed E-state index contributed by atoms with van der Waals surface area (Å²) in [5.41, 5.74) is 1.48. The molecular weight excluding hydrogens is 276 g/mol. The van der Waals surface area contributed by atoms with Crippen LogP contribution in [0.3, 0.4) is 0 Å². The number of hydrogen-bond acceptors (Lipinski definition) is 3. The van der Waals surface area contributed by atoms with Gasteiger partial charge in [-0.25, -0.2) is 13.8 Å². The van der Waals surface area contributed by atoms with E-state index in [2.05, 4.69) is 10.3 Å². The van der Waals surface area contributed by atoms with Crippen molar-refractivity contribution in [3.8, 4) is 5.88 Å². The summed E-state index contributed by atoms with van der Waals surface area (Å²) in [5.74, 6) is -4.23. The van der Waals surface area contributed by atoms with Crippen molar-refractivity contribution in [3.63, 3.8) is 0 Å². The fraction of sp³-hybridized carbons (Fsp3) is 0.615. The van der Waals surface area contributed by atoms with Crippen LogP contribution >= 0.6 is 0 Å². The summed E-state index contributed by atoms with van der Waals surface area (Å²) in [4.78, 5) is 3.99. The van der Waals surface area contributed by atoms with Crippen LogP contribution in [0.25, 0.3) is 0 Å². The van der Waals surface area contributed by atoms with Crippen molar-refractivity contribution >= 4 is 0 Å². The molecule has 114 valence electrons. The minimum atomic E-state index is -4.17. The minimum absolute atomic E-state index is 0.0578. The molecule has 0 radical (unpaired) electrons. The summed E-state index contributed by atoms with van der Waals surface area (Å²) in [6.07, 6.45) is -3.15. The van der Waals surface area contributed by atoms with Gasteiger partial charge in [-0.15, -0.1) is 0 Å². The highest BCUT2D eigenvalue weighted by Crippen LogP contribution is 2.24. The second-order valence-corrected chi connectivity index (χ2v) is 4.29. The van der Waals surface area contributed by atoms with Crippen molar-refractivity contribution in [2.75, 3.05) is 13.2 Å². The molecule has 0 unspecified atom stereocenters. The van der Waals surface area contributed by atoms with Gasteiger partial charge in [-0.2, -0.15) is 8.78 Å². The van der Waals surface area contributed by atoms with Crippen molar-refractivity contribution in [2.24, 2.45) is 0 Å². The summed E-state index contributed by atoms with van der Waals surface area (Å²) in [6, 6.07) is 3.30. The van der Waals surface area contributed by atoms with E-state index < -0.39 is 19.0 Å². The predicted octanol–water partition coefficient (Wildman–Crippen LogP) is 3.03. The Labute approximate surface area is 115 Å². The van der Waals surface area contributed by atoms with Crippen molar-refractivity contribution in [3.05, 3.63) is 23.4 Å². The van der Waals surface area contributed by atoms with E-state index in [1.807, 2.05) is 19.9 Å². The van der Waals surface area contributed by atoms with Crippen molar-refractivity contribution in [2.45, 2.75) is 39.2 Å². The lowest BCUT2D eigenvalue weighted by molar-refractivity contribution is -0.148. The fourth-order valence-electron chi connectivity index (χ4n) is 1.48. The van der Waals surface area contributed by atoms with Crippen LogP contribution in [0.4, 0.5) is 17.6 Å². The van der Waals surface area contributed by atoms with Gasteiger partial charge in [0.1, 0.15) is 0 Å². The van der Waals surface area contributed by atoms with E-state index in [1.165, 1.54) is 6.07 Å². The molecule has 0 atom stereocenters. The SMILES string of the molecule is CCNCc1cc(CC)nc(OCC(F)(F)C(F)F)c1. The standard InChI is InChI=1S/C13H18F4N2O/c1-3-10-5-9(7-18-4-2)6-11(19-10)20-8-13(16,17)12(14)15/h5-6,12,18H,3-4,7-8H2,1-2H3. The lowest BCUT2D eigenvalue weighted by Gasteiger charge is -2.16. The molecule has 0 spiro atoms. The highest BCUT2D eigenvalue weighted by Gasteiger charge is 2.41. The summed E-state index contributed by atoms with van der Waals surface area (Å²) >= 11 is 0. The summed E-state index contributed by atoms with van der Waals surface area (Å²) < 4.78 is 54.4. The third kappa shape index (κ3) is 4.96. The second kappa shape index (κ2) is 7.42. The normalized spacial score (nSPS) is 11.9. The highest BCUT2D eigenvalue weighted by molar-refractivity contribution is 5.25. The second-order valence-electron chi connectivity index (χ2n) is 4.29. The molecule has 7 heteroatoms. The Bertz CT molecular complexity index is 427. The zero-order chi connectivity index (χ0) is 15.2. The van der Waals surface area contributed by atoms with Crippen LogP contribution in [0.2, 0.25) is 0 Å². The molecule has 1 aromatic heterocycles. The summed E-state index contributed by atoms with van der Waals surface area (Å²) in [7, 11) is 0. The topological polar surface area (TPSA) is 34.2 Å². The van der Waals surface area contributed by atoms with Gasteiger partial charge < -0.3 is 10.1 Å². The average molecular weight is 294 g/mol. The first-order chi connectivity index (χ1) is 9.39. The zero-order valence-corrected chi connectivity index (χ0v) is 11.4. The van der Waals surface area contributed by atoms with Crippen LogP contribution in [0.1, 0.15) is 25.1 Å². The van der Waals surface area contributed by atoms with Crippen LogP contribution in [0.5, 0.6) is 5.88 Å². The largest absolute Gasteiger partial charge is 0.471 e. The van der Waals surface area contributed by atoms with Gasteiger partial charge in [0.05, 0.1) is 0 Å². The molecule has 0 bridgehead atoms. The molecule has 20 heavy (non-hydrogen) atoms. The van der Waals surface area contributed by atoms with Gasteiger partial charge >= 0.3 is 12.3 Å². The van der Waals surface area contributed by atoms with Crippen LogP contribution < -0.4 is 10.1 Å². The Morgan fingerprint density at radius 3 is 2.55 bits per heavy atom. The molecule has 0 aromatic carbocycles. The smallest absolute Gasteiger partial charge is 0.340 e. The number of aromatic nitrogens is 1. The quantitative estimate of drug-likeness (QED) is 0.748. The maximum atomic E-state index is 12.8. The Morgan fingerprint density at radius 2 is 2.00 bits per heavy atom. The van der Waals surface area contributed by atoms with Crippen LogP contribution in [0.15, 0.2) is 12.1 Å². The van der Waals surface area contributed by atoms with Crippen LogP contribution in [-0.4, -0.2) is 30.5 Å². The number of rotatable bonds is 8. The number of aryl methyl sites for hydroxylation is 1. The first-order valence-electron chi connectivity index (χ1n) is 6.38. The van der Waals surface area contributed by atoms with Gasteiger partial charge in [0.2, 0.25) is 5.88 Å². The van der Waals surface area contributed by atoms with E-state index in [1.54, 1.807) is 0 Å². The third-order valence-electron chi connectivity index (χ3n) is 2.59. The van der Waals surface area contributed by atoms with Gasteiger partial charge in [0.25, 0.3) is 0 Å². The lowest BCUT2D eigenvalue weighted by Crippen LogP contribution is -2.34. The number of ether oxygens (including phenoxy) is 1. The molecule has 3 nitrogen and oxygen atoms in total. The molecule has 0 amide bonds. The van der Waals surface area contributed by atoms with Crippen molar-refractivity contribution in [1.29, 1.82) is 0 Å². The first kappa shape index (κ1) is 16.7. The van der Waals surface area contributed by atoms with Gasteiger partial charge in [-0.3, -0.25) is 0 Å². The van der Waals surface area contributed by atoms with Crippen molar-refractivity contribution < 1.29 is 22.3 Å². The van der Waals surface area contributed by atoms with Gasteiger partial charge in [-0.1, -0.05) is 13.8 Å². The molecule has 0 saturated heterocycles. The summed E-state index contributed by atoms with van der Waals surface area (Å²) in [6.45, 7) is 3.70. The van der Waals surface area contributed by atoms with E-state index in [9.17, 15) is 17.6 Å². The number of hydrogen-bond donors (Lipinski definition) is 1. The van der Waals surface area contributed by atoms with Gasteiger partial charge in [-0.05, 0) is 24.6 Å². The van der Waals surface area contributed by atoms with E-state index in [0.29, 0.717) is 18.7 Å². The molecule has 0 saturated carbocycles. The lowest BCUT2D eigenvalue weighted by atomic mass is 10.2. The molecular formula is C13H18F4N2O.